The molecule has 0 fully saturated rings. The molecule has 0 amide bonds. The molecule has 2 aromatic rings. The Labute approximate surface area is 94.9 Å². The number of para-hydroxylation sites is 2. The van der Waals surface area contributed by atoms with Gasteiger partial charge in [-0.2, -0.15) is 0 Å². The third-order valence-electron chi connectivity index (χ3n) is 2.63. The number of hydrazine groups is 1. The first-order chi connectivity index (χ1) is 7.72. The molecule has 0 spiro atoms. The van der Waals surface area contributed by atoms with Crippen molar-refractivity contribution >= 4 is 11.0 Å². The van der Waals surface area contributed by atoms with Gasteiger partial charge in [0, 0.05) is 0 Å². The molecule has 0 saturated carbocycles. The van der Waals surface area contributed by atoms with E-state index in [9.17, 15) is 0 Å². The normalized spacial score (nSPS) is 13.2. The van der Waals surface area contributed by atoms with Gasteiger partial charge in [-0.1, -0.05) is 26.0 Å². The summed E-state index contributed by atoms with van der Waals surface area (Å²) in [6.07, 6.45) is 1.78. The summed E-state index contributed by atoms with van der Waals surface area (Å²) in [5, 5.41) is 0. The number of rotatable bonds is 3. The first-order valence-electron chi connectivity index (χ1n) is 5.40. The van der Waals surface area contributed by atoms with Gasteiger partial charge in [0.25, 0.3) is 0 Å². The van der Waals surface area contributed by atoms with Crippen molar-refractivity contribution in [2.45, 2.75) is 19.9 Å². The minimum atomic E-state index is 0.0390. The fraction of sp³-hybridized carbons (Fsp3) is 0.333. The lowest BCUT2D eigenvalue weighted by atomic mass is 10.0. The van der Waals surface area contributed by atoms with Gasteiger partial charge in [-0.3, -0.25) is 16.3 Å². The second-order valence-corrected chi connectivity index (χ2v) is 4.17. The minimum absolute atomic E-state index is 0.0390. The topological polar surface area (TPSA) is 63.8 Å². The van der Waals surface area contributed by atoms with Gasteiger partial charge in [0.2, 0.25) is 0 Å². The fourth-order valence-electron chi connectivity index (χ4n) is 1.74. The maximum Gasteiger partial charge on any atom is 0.0890 e. The molecule has 1 heterocycles. The Hall–Kier alpha value is -1.52. The number of aromatic nitrogens is 2. The first-order valence-corrected chi connectivity index (χ1v) is 5.40. The van der Waals surface area contributed by atoms with Crippen molar-refractivity contribution in [3.63, 3.8) is 0 Å². The third kappa shape index (κ3) is 2.03. The fourth-order valence-corrected chi connectivity index (χ4v) is 1.74. The highest BCUT2D eigenvalue weighted by molar-refractivity contribution is 5.73. The summed E-state index contributed by atoms with van der Waals surface area (Å²) in [6, 6.07) is 7.86. The molecular formula is C12H16N4. The quantitative estimate of drug-likeness (QED) is 0.606. The highest BCUT2D eigenvalue weighted by Gasteiger charge is 2.15. The van der Waals surface area contributed by atoms with E-state index in [1.165, 1.54) is 0 Å². The van der Waals surface area contributed by atoms with Crippen LogP contribution in [0, 0.1) is 5.92 Å². The zero-order valence-electron chi connectivity index (χ0n) is 9.51. The maximum absolute atomic E-state index is 5.53. The van der Waals surface area contributed by atoms with E-state index in [1.807, 2.05) is 24.3 Å². The van der Waals surface area contributed by atoms with Crippen molar-refractivity contribution in [3.05, 3.63) is 36.2 Å². The second-order valence-electron chi connectivity index (χ2n) is 4.17. The smallest absolute Gasteiger partial charge is 0.0890 e. The molecule has 84 valence electrons. The van der Waals surface area contributed by atoms with Gasteiger partial charge in [0.05, 0.1) is 29.0 Å². The lowest BCUT2D eigenvalue weighted by molar-refractivity contribution is 0.412. The number of fused-ring (bicyclic) bond motifs is 1. The van der Waals surface area contributed by atoms with Crippen LogP contribution in [0.3, 0.4) is 0 Å². The molecular weight excluding hydrogens is 200 g/mol. The molecule has 1 unspecified atom stereocenters. The van der Waals surface area contributed by atoms with Crippen LogP contribution >= 0.6 is 0 Å². The molecule has 4 nitrogen and oxygen atoms in total. The predicted octanol–water partition coefficient (Wildman–Crippen LogP) is 1.79. The molecule has 2 rings (SSSR count). The van der Waals surface area contributed by atoms with E-state index in [0.717, 1.165) is 16.7 Å². The lowest BCUT2D eigenvalue weighted by Gasteiger charge is -2.18. The van der Waals surface area contributed by atoms with E-state index in [4.69, 9.17) is 5.84 Å². The Morgan fingerprint density at radius 1 is 1.19 bits per heavy atom. The largest absolute Gasteiger partial charge is 0.271 e. The zero-order valence-corrected chi connectivity index (χ0v) is 9.51. The average Bonchev–Trinajstić information content (AvgIpc) is 2.29. The molecule has 0 aliphatic carbocycles. The highest BCUT2D eigenvalue weighted by atomic mass is 15.2. The number of hydrogen-bond donors (Lipinski definition) is 2. The van der Waals surface area contributed by atoms with Crippen molar-refractivity contribution in [1.29, 1.82) is 0 Å². The number of nitrogens with zero attached hydrogens (tertiary/aromatic N) is 2. The van der Waals surface area contributed by atoms with Crippen LogP contribution in [0.2, 0.25) is 0 Å². The SMILES string of the molecule is CC(C)C(NN)c1cnc2ccccc2n1. The van der Waals surface area contributed by atoms with E-state index < -0.39 is 0 Å². The average molecular weight is 216 g/mol. The highest BCUT2D eigenvalue weighted by Crippen LogP contribution is 2.19. The summed E-state index contributed by atoms with van der Waals surface area (Å²) in [5.74, 6) is 5.91. The van der Waals surface area contributed by atoms with Crippen LogP contribution in [0.5, 0.6) is 0 Å². The Balaban J connectivity index is 2.45. The maximum atomic E-state index is 5.53. The number of hydrogen-bond acceptors (Lipinski definition) is 4. The van der Waals surface area contributed by atoms with Crippen LogP contribution < -0.4 is 11.3 Å². The molecule has 1 aromatic carbocycles. The van der Waals surface area contributed by atoms with Crippen molar-refractivity contribution in [3.8, 4) is 0 Å². The minimum Gasteiger partial charge on any atom is -0.271 e. The standard InChI is InChI=1S/C12H16N4/c1-8(2)12(16-13)11-7-14-9-5-3-4-6-10(9)15-11/h3-8,12,16H,13H2,1-2H3. The molecule has 0 bridgehead atoms. The van der Waals surface area contributed by atoms with Crippen LogP contribution in [0.4, 0.5) is 0 Å². The molecule has 0 aliphatic rings. The van der Waals surface area contributed by atoms with Gasteiger partial charge in [0.15, 0.2) is 0 Å². The number of nitrogens with one attached hydrogen (secondary N) is 1. The summed E-state index contributed by atoms with van der Waals surface area (Å²) in [5.41, 5.74) is 5.48. The van der Waals surface area contributed by atoms with Gasteiger partial charge in [-0.25, -0.2) is 4.98 Å². The van der Waals surface area contributed by atoms with Crippen molar-refractivity contribution in [1.82, 2.24) is 15.4 Å². The lowest BCUT2D eigenvalue weighted by Crippen LogP contribution is -2.32. The van der Waals surface area contributed by atoms with Gasteiger partial charge < -0.3 is 0 Å². The summed E-state index contributed by atoms with van der Waals surface area (Å²) >= 11 is 0. The van der Waals surface area contributed by atoms with Crippen LogP contribution in [-0.4, -0.2) is 9.97 Å². The van der Waals surface area contributed by atoms with Gasteiger partial charge in [0.1, 0.15) is 0 Å². The summed E-state index contributed by atoms with van der Waals surface area (Å²) in [7, 11) is 0. The van der Waals surface area contributed by atoms with Crippen LogP contribution in [0.15, 0.2) is 30.5 Å². The van der Waals surface area contributed by atoms with E-state index in [0.29, 0.717) is 5.92 Å². The second kappa shape index (κ2) is 4.55. The van der Waals surface area contributed by atoms with E-state index >= 15 is 0 Å². The first kappa shape index (κ1) is 11.0. The van der Waals surface area contributed by atoms with Crippen LogP contribution in [-0.2, 0) is 0 Å². The number of nitrogens with two attached hydrogens (primary N) is 1. The molecule has 0 aliphatic heterocycles. The van der Waals surface area contributed by atoms with E-state index in [1.54, 1.807) is 6.20 Å². The molecule has 4 heteroatoms. The molecule has 0 saturated heterocycles. The Bertz CT molecular complexity index is 481. The van der Waals surface area contributed by atoms with E-state index in [2.05, 4.69) is 29.2 Å². The van der Waals surface area contributed by atoms with Crippen LogP contribution in [0.25, 0.3) is 11.0 Å². The zero-order chi connectivity index (χ0) is 11.5. The molecule has 0 radical (unpaired) electrons. The van der Waals surface area contributed by atoms with Gasteiger partial charge >= 0.3 is 0 Å². The van der Waals surface area contributed by atoms with Crippen LogP contribution in [0.1, 0.15) is 25.6 Å². The summed E-state index contributed by atoms with van der Waals surface area (Å²) in [4.78, 5) is 8.94. The van der Waals surface area contributed by atoms with Crippen molar-refractivity contribution in [2.75, 3.05) is 0 Å². The van der Waals surface area contributed by atoms with Gasteiger partial charge in [-0.05, 0) is 18.1 Å². The third-order valence-corrected chi connectivity index (χ3v) is 2.63. The van der Waals surface area contributed by atoms with Crippen molar-refractivity contribution < 1.29 is 0 Å². The molecule has 1 atom stereocenters. The monoisotopic (exact) mass is 216 g/mol. The molecule has 1 aromatic heterocycles. The van der Waals surface area contributed by atoms with Crippen molar-refractivity contribution in [2.24, 2.45) is 11.8 Å². The molecule has 16 heavy (non-hydrogen) atoms. The van der Waals surface area contributed by atoms with E-state index in [-0.39, 0.29) is 6.04 Å². The molecule has 3 N–H and O–H groups in total. The Kier molecular flexibility index (Phi) is 3.12. The Morgan fingerprint density at radius 2 is 1.88 bits per heavy atom. The predicted molar refractivity (Wildman–Crippen MR) is 64.4 cm³/mol. The number of benzene rings is 1. The Morgan fingerprint density at radius 3 is 2.50 bits per heavy atom. The summed E-state index contributed by atoms with van der Waals surface area (Å²) < 4.78 is 0. The van der Waals surface area contributed by atoms with Gasteiger partial charge in [-0.15, -0.1) is 0 Å². The summed E-state index contributed by atoms with van der Waals surface area (Å²) in [6.45, 7) is 4.20.